The van der Waals surface area contributed by atoms with Gasteiger partial charge in [-0.05, 0) is 67.6 Å². The number of aryl methyl sites for hydroxylation is 1. The zero-order chi connectivity index (χ0) is 25.2. The lowest BCUT2D eigenvalue weighted by Crippen LogP contribution is -2.48. The normalized spacial score (nSPS) is 14.9. The minimum atomic E-state index is -3.76. The van der Waals surface area contributed by atoms with Crippen molar-refractivity contribution in [3.8, 4) is 17.2 Å². The molecule has 9 heteroatoms. The van der Waals surface area contributed by atoms with Crippen LogP contribution >= 0.6 is 0 Å². The summed E-state index contributed by atoms with van der Waals surface area (Å²) < 4.78 is 43.2. The van der Waals surface area contributed by atoms with Crippen LogP contribution in [0.25, 0.3) is 0 Å². The summed E-state index contributed by atoms with van der Waals surface area (Å²) in [5, 5.41) is 2.98. The van der Waals surface area contributed by atoms with Crippen molar-refractivity contribution in [2.45, 2.75) is 52.6 Å². The Morgan fingerprint density at radius 2 is 1.68 bits per heavy atom. The van der Waals surface area contributed by atoms with Crippen LogP contribution in [0, 0.1) is 6.92 Å². The summed E-state index contributed by atoms with van der Waals surface area (Å²) in [6.07, 6.45) is 1.08. The molecule has 2 aromatic rings. The molecule has 186 valence electrons. The van der Waals surface area contributed by atoms with E-state index in [1.807, 2.05) is 26.0 Å². The van der Waals surface area contributed by atoms with Crippen molar-refractivity contribution in [2.75, 3.05) is 30.9 Å². The molecular formula is C25H34N2O6S. The molecule has 0 aliphatic carbocycles. The summed E-state index contributed by atoms with van der Waals surface area (Å²) in [5.74, 6) is 1.64. The van der Waals surface area contributed by atoms with E-state index in [-0.39, 0.29) is 12.0 Å². The first-order valence-corrected chi connectivity index (χ1v) is 13.2. The molecule has 1 aliphatic rings. The number of carbonyl (C=O) groups excluding carboxylic acids is 1. The van der Waals surface area contributed by atoms with Crippen molar-refractivity contribution in [3.05, 3.63) is 47.0 Å². The standard InChI is InChI=1S/C25H34N2O6S/c1-15(2)20-14-21(16(3)12-23(20)31-6)17(4)26-25(28)18(5)27(34(7,29)30)19-8-9-22-24(13-19)33-11-10-32-22/h8-9,12-15,17-18H,10-11H2,1-7H3,(H,26,28)/t17-,18-/m1/s1. The topological polar surface area (TPSA) is 94.2 Å². The Kier molecular flexibility index (Phi) is 7.65. The third kappa shape index (κ3) is 5.41. The molecule has 0 saturated carbocycles. The molecule has 1 amide bonds. The van der Waals surface area contributed by atoms with Gasteiger partial charge in [-0.3, -0.25) is 9.10 Å². The lowest BCUT2D eigenvalue weighted by molar-refractivity contribution is -0.122. The molecule has 0 bridgehead atoms. The van der Waals surface area contributed by atoms with Crippen LogP contribution < -0.4 is 23.8 Å². The van der Waals surface area contributed by atoms with E-state index < -0.39 is 22.0 Å². The third-order valence-electron chi connectivity index (χ3n) is 5.93. The van der Waals surface area contributed by atoms with E-state index in [1.165, 1.54) is 0 Å². The number of carbonyl (C=O) groups is 1. The molecule has 34 heavy (non-hydrogen) atoms. The highest BCUT2D eigenvalue weighted by Crippen LogP contribution is 2.36. The van der Waals surface area contributed by atoms with Crippen LogP contribution in [0.5, 0.6) is 17.2 Å². The van der Waals surface area contributed by atoms with E-state index in [9.17, 15) is 13.2 Å². The number of methoxy groups -OCH3 is 1. The van der Waals surface area contributed by atoms with Gasteiger partial charge >= 0.3 is 0 Å². The number of fused-ring (bicyclic) bond motifs is 1. The number of hydrogen-bond acceptors (Lipinski definition) is 6. The highest BCUT2D eigenvalue weighted by atomic mass is 32.2. The molecule has 1 N–H and O–H groups in total. The van der Waals surface area contributed by atoms with Gasteiger partial charge in [0, 0.05) is 6.07 Å². The number of ether oxygens (including phenoxy) is 3. The van der Waals surface area contributed by atoms with Crippen molar-refractivity contribution in [1.29, 1.82) is 0 Å². The Morgan fingerprint density at radius 3 is 2.26 bits per heavy atom. The number of nitrogens with zero attached hydrogens (tertiary/aromatic N) is 1. The van der Waals surface area contributed by atoms with Crippen LogP contribution in [0.4, 0.5) is 5.69 Å². The van der Waals surface area contributed by atoms with Crippen molar-refractivity contribution in [3.63, 3.8) is 0 Å². The SMILES string of the molecule is COc1cc(C)c([C@@H](C)NC(=O)[C@@H](C)N(c2ccc3c(c2)OCCO3)S(C)(=O)=O)cc1C(C)C. The van der Waals surface area contributed by atoms with Crippen LogP contribution in [0.1, 0.15) is 56.3 Å². The van der Waals surface area contributed by atoms with Gasteiger partial charge in [0.25, 0.3) is 0 Å². The van der Waals surface area contributed by atoms with Gasteiger partial charge in [-0.25, -0.2) is 8.42 Å². The van der Waals surface area contributed by atoms with E-state index in [0.29, 0.717) is 30.4 Å². The van der Waals surface area contributed by atoms with Crippen molar-refractivity contribution >= 4 is 21.6 Å². The van der Waals surface area contributed by atoms with Gasteiger partial charge in [-0.2, -0.15) is 0 Å². The Hall–Kier alpha value is -2.94. The average Bonchev–Trinajstić information content (AvgIpc) is 2.77. The van der Waals surface area contributed by atoms with Gasteiger partial charge < -0.3 is 19.5 Å². The van der Waals surface area contributed by atoms with Crippen LogP contribution in [-0.4, -0.2) is 46.9 Å². The van der Waals surface area contributed by atoms with Gasteiger partial charge in [-0.15, -0.1) is 0 Å². The van der Waals surface area contributed by atoms with Crippen LogP contribution in [-0.2, 0) is 14.8 Å². The Morgan fingerprint density at radius 1 is 1.03 bits per heavy atom. The molecule has 1 aliphatic heterocycles. The largest absolute Gasteiger partial charge is 0.496 e. The summed E-state index contributed by atoms with van der Waals surface area (Å²) in [6, 6.07) is 7.56. The predicted octanol–water partition coefficient (Wildman–Crippen LogP) is 3.93. The molecule has 8 nitrogen and oxygen atoms in total. The molecule has 2 aromatic carbocycles. The number of hydrogen-bond donors (Lipinski definition) is 1. The monoisotopic (exact) mass is 490 g/mol. The zero-order valence-corrected chi connectivity index (χ0v) is 21.7. The van der Waals surface area contributed by atoms with E-state index in [1.54, 1.807) is 32.2 Å². The molecular weight excluding hydrogens is 456 g/mol. The molecule has 0 aromatic heterocycles. The predicted molar refractivity (Wildman–Crippen MR) is 133 cm³/mol. The van der Waals surface area contributed by atoms with E-state index >= 15 is 0 Å². The van der Waals surface area contributed by atoms with Crippen molar-refractivity contribution < 1.29 is 27.4 Å². The quantitative estimate of drug-likeness (QED) is 0.603. The summed E-state index contributed by atoms with van der Waals surface area (Å²) in [4.78, 5) is 13.2. The average molecular weight is 491 g/mol. The number of nitrogens with one attached hydrogen (secondary N) is 1. The minimum Gasteiger partial charge on any atom is -0.496 e. The molecule has 0 saturated heterocycles. The smallest absolute Gasteiger partial charge is 0.244 e. The second-order valence-corrected chi connectivity index (χ2v) is 10.8. The lowest BCUT2D eigenvalue weighted by Gasteiger charge is -2.30. The molecule has 1 heterocycles. The second kappa shape index (κ2) is 10.1. The Bertz CT molecular complexity index is 1160. The Balaban J connectivity index is 1.87. The first-order valence-electron chi connectivity index (χ1n) is 11.3. The first kappa shape index (κ1) is 25.7. The lowest BCUT2D eigenvalue weighted by atomic mass is 9.93. The van der Waals surface area contributed by atoms with E-state index in [4.69, 9.17) is 14.2 Å². The van der Waals surface area contributed by atoms with Gasteiger partial charge in [0.2, 0.25) is 15.9 Å². The minimum absolute atomic E-state index is 0.243. The van der Waals surface area contributed by atoms with Crippen LogP contribution in [0.15, 0.2) is 30.3 Å². The second-order valence-electron chi connectivity index (χ2n) is 8.90. The van der Waals surface area contributed by atoms with Gasteiger partial charge in [-0.1, -0.05) is 13.8 Å². The third-order valence-corrected chi connectivity index (χ3v) is 7.18. The van der Waals surface area contributed by atoms with Crippen LogP contribution in [0.3, 0.4) is 0 Å². The molecule has 2 atom stereocenters. The molecule has 0 radical (unpaired) electrons. The number of rotatable bonds is 8. The maximum atomic E-state index is 13.2. The maximum absolute atomic E-state index is 13.2. The van der Waals surface area contributed by atoms with Crippen LogP contribution in [0.2, 0.25) is 0 Å². The van der Waals surface area contributed by atoms with E-state index in [2.05, 4.69) is 19.2 Å². The van der Waals surface area contributed by atoms with Crippen molar-refractivity contribution in [1.82, 2.24) is 5.32 Å². The molecule has 0 unspecified atom stereocenters. The number of benzene rings is 2. The van der Waals surface area contributed by atoms with Gasteiger partial charge in [0.05, 0.1) is 25.1 Å². The molecule has 0 fully saturated rings. The van der Waals surface area contributed by atoms with Gasteiger partial charge in [0.1, 0.15) is 25.0 Å². The fourth-order valence-electron chi connectivity index (χ4n) is 4.20. The highest BCUT2D eigenvalue weighted by molar-refractivity contribution is 7.92. The summed E-state index contributed by atoms with van der Waals surface area (Å²) >= 11 is 0. The first-order chi connectivity index (χ1) is 15.9. The van der Waals surface area contributed by atoms with Crippen molar-refractivity contribution in [2.24, 2.45) is 0 Å². The molecule has 0 spiro atoms. The summed E-state index contributed by atoms with van der Waals surface area (Å²) in [5.41, 5.74) is 3.32. The fraction of sp³-hybridized carbons (Fsp3) is 0.480. The summed E-state index contributed by atoms with van der Waals surface area (Å²) in [7, 11) is -2.12. The highest BCUT2D eigenvalue weighted by Gasteiger charge is 2.31. The maximum Gasteiger partial charge on any atom is 0.244 e. The number of amides is 1. The zero-order valence-electron chi connectivity index (χ0n) is 20.8. The Labute approximate surface area is 202 Å². The number of sulfonamides is 1. The molecule has 3 rings (SSSR count). The van der Waals surface area contributed by atoms with Gasteiger partial charge in [0.15, 0.2) is 11.5 Å². The summed E-state index contributed by atoms with van der Waals surface area (Å²) in [6.45, 7) is 10.4. The fourth-order valence-corrected chi connectivity index (χ4v) is 5.37. The van der Waals surface area contributed by atoms with E-state index in [0.717, 1.165) is 33.0 Å². The number of anilines is 1.